The smallest absolute Gasteiger partial charge is 0.118 e. The molecule has 0 spiro atoms. The van der Waals surface area contributed by atoms with Crippen molar-refractivity contribution in [3.8, 4) is 5.75 Å². The fourth-order valence-corrected chi connectivity index (χ4v) is 4.24. The summed E-state index contributed by atoms with van der Waals surface area (Å²) in [5.41, 5.74) is 1.31. The van der Waals surface area contributed by atoms with Crippen LogP contribution in [0.3, 0.4) is 0 Å². The number of methoxy groups -OCH3 is 1. The summed E-state index contributed by atoms with van der Waals surface area (Å²) < 4.78 is 6.42. The highest BCUT2D eigenvalue weighted by atomic mass is 79.9. The molecular formula is C16H20BrNOS. The number of nitrogens with one attached hydrogen (secondary N) is 1. The average Bonchev–Trinajstić information content (AvgIpc) is 2.78. The van der Waals surface area contributed by atoms with Crippen LogP contribution in [0.4, 0.5) is 0 Å². The lowest BCUT2D eigenvalue weighted by Gasteiger charge is -2.17. The van der Waals surface area contributed by atoms with Crippen LogP contribution in [0.15, 0.2) is 34.8 Å². The van der Waals surface area contributed by atoms with Crippen LogP contribution in [0.2, 0.25) is 0 Å². The number of likely N-dealkylation sites (N-methyl/N-ethyl adjacent to an activating group) is 1. The van der Waals surface area contributed by atoms with Crippen LogP contribution >= 0.6 is 27.3 Å². The van der Waals surface area contributed by atoms with E-state index in [2.05, 4.69) is 53.3 Å². The maximum Gasteiger partial charge on any atom is 0.118 e. The summed E-state index contributed by atoms with van der Waals surface area (Å²) in [6.45, 7) is 5.26. The van der Waals surface area contributed by atoms with Crippen LogP contribution in [-0.2, 0) is 6.42 Å². The van der Waals surface area contributed by atoms with Gasteiger partial charge in [-0.1, -0.05) is 19.1 Å². The number of rotatable bonds is 6. The topological polar surface area (TPSA) is 21.3 Å². The first-order valence-electron chi connectivity index (χ1n) is 6.76. The summed E-state index contributed by atoms with van der Waals surface area (Å²) >= 11 is 5.53. The lowest BCUT2D eigenvalue weighted by molar-refractivity contribution is 0.414. The second-order valence-electron chi connectivity index (χ2n) is 4.73. The fraction of sp³-hybridized carbons (Fsp3) is 0.375. The van der Waals surface area contributed by atoms with Crippen molar-refractivity contribution in [1.82, 2.24) is 5.32 Å². The minimum absolute atomic E-state index is 0.349. The van der Waals surface area contributed by atoms with Crippen molar-refractivity contribution in [2.75, 3.05) is 13.7 Å². The van der Waals surface area contributed by atoms with E-state index in [0.717, 1.165) is 18.7 Å². The Morgan fingerprint density at radius 3 is 2.50 bits per heavy atom. The number of aryl methyl sites for hydroxylation is 1. The van der Waals surface area contributed by atoms with Crippen LogP contribution in [0.25, 0.3) is 0 Å². The first-order valence-corrected chi connectivity index (χ1v) is 8.37. The maximum atomic E-state index is 5.21. The normalized spacial score (nSPS) is 12.4. The number of hydrogen-bond donors (Lipinski definition) is 1. The molecule has 1 N–H and O–H groups in total. The Balaban J connectivity index is 2.18. The van der Waals surface area contributed by atoms with E-state index in [-0.39, 0.29) is 0 Å². The van der Waals surface area contributed by atoms with Gasteiger partial charge in [0.25, 0.3) is 0 Å². The Morgan fingerprint density at radius 2 is 2.00 bits per heavy atom. The number of benzene rings is 1. The van der Waals surface area contributed by atoms with Gasteiger partial charge in [-0.2, -0.15) is 0 Å². The largest absolute Gasteiger partial charge is 0.497 e. The molecule has 1 atom stereocenters. The maximum absolute atomic E-state index is 5.21. The fourth-order valence-electron chi connectivity index (χ4n) is 2.24. The van der Waals surface area contributed by atoms with Gasteiger partial charge in [-0.25, -0.2) is 0 Å². The van der Waals surface area contributed by atoms with Crippen LogP contribution in [-0.4, -0.2) is 13.7 Å². The third-order valence-corrected chi connectivity index (χ3v) is 5.28. The van der Waals surface area contributed by atoms with Gasteiger partial charge in [0.1, 0.15) is 5.75 Å². The van der Waals surface area contributed by atoms with Gasteiger partial charge in [0.05, 0.1) is 7.11 Å². The van der Waals surface area contributed by atoms with Gasteiger partial charge in [0, 0.05) is 20.3 Å². The van der Waals surface area contributed by atoms with Gasteiger partial charge < -0.3 is 10.1 Å². The zero-order chi connectivity index (χ0) is 14.5. The van der Waals surface area contributed by atoms with Crippen molar-refractivity contribution in [2.24, 2.45) is 0 Å². The predicted octanol–water partition coefficient (Wildman–Crippen LogP) is 4.72. The molecule has 0 saturated carbocycles. The summed E-state index contributed by atoms with van der Waals surface area (Å²) in [6, 6.07) is 10.9. The molecule has 0 aliphatic carbocycles. The van der Waals surface area contributed by atoms with Gasteiger partial charge in [0.2, 0.25) is 0 Å². The molecule has 0 fully saturated rings. The molecule has 4 heteroatoms. The summed E-state index contributed by atoms with van der Waals surface area (Å²) in [6.07, 6.45) is 0.983. The zero-order valence-electron chi connectivity index (χ0n) is 12.1. The molecule has 0 saturated heterocycles. The minimum atomic E-state index is 0.349. The van der Waals surface area contributed by atoms with Gasteiger partial charge in [0.15, 0.2) is 0 Å². The lowest BCUT2D eigenvalue weighted by Crippen LogP contribution is -2.22. The van der Waals surface area contributed by atoms with E-state index >= 15 is 0 Å². The molecule has 2 rings (SSSR count). The van der Waals surface area contributed by atoms with Crippen molar-refractivity contribution in [3.05, 3.63) is 50.1 Å². The van der Waals surface area contributed by atoms with Crippen molar-refractivity contribution >= 4 is 27.3 Å². The van der Waals surface area contributed by atoms with Crippen LogP contribution in [0.5, 0.6) is 5.75 Å². The van der Waals surface area contributed by atoms with E-state index in [0.29, 0.717) is 6.04 Å². The van der Waals surface area contributed by atoms with Crippen LogP contribution in [0, 0.1) is 6.92 Å². The molecule has 0 radical (unpaired) electrons. The highest BCUT2D eigenvalue weighted by molar-refractivity contribution is 9.10. The summed E-state index contributed by atoms with van der Waals surface area (Å²) in [5, 5.41) is 3.58. The van der Waals surface area contributed by atoms with Gasteiger partial charge in [-0.3, -0.25) is 0 Å². The Kier molecular flexibility index (Phi) is 5.64. The number of hydrogen-bond acceptors (Lipinski definition) is 3. The van der Waals surface area contributed by atoms with E-state index in [1.165, 1.54) is 19.8 Å². The first-order chi connectivity index (χ1) is 9.63. The molecule has 0 bridgehead atoms. The van der Waals surface area contributed by atoms with Gasteiger partial charge >= 0.3 is 0 Å². The highest BCUT2D eigenvalue weighted by Crippen LogP contribution is 2.34. The molecule has 1 aromatic carbocycles. The van der Waals surface area contributed by atoms with E-state index in [1.54, 1.807) is 7.11 Å². The SMILES string of the molecule is CCNC(Cc1ccc(OC)cc1)c1sc(C)cc1Br. The molecule has 1 heterocycles. The number of ether oxygens (including phenoxy) is 1. The minimum Gasteiger partial charge on any atom is -0.497 e. The molecule has 20 heavy (non-hydrogen) atoms. The molecule has 1 aromatic heterocycles. The first kappa shape index (κ1) is 15.5. The monoisotopic (exact) mass is 353 g/mol. The van der Waals surface area contributed by atoms with Crippen molar-refractivity contribution in [1.29, 1.82) is 0 Å². The van der Waals surface area contributed by atoms with E-state index in [1.807, 2.05) is 23.5 Å². The highest BCUT2D eigenvalue weighted by Gasteiger charge is 2.17. The third-order valence-electron chi connectivity index (χ3n) is 3.20. The molecule has 1 unspecified atom stereocenters. The molecular weight excluding hydrogens is 334 g/mol. The lowest BCUT2D eigenvalue weighted by atomic mass is 10.0. The standard InChI is InChI=1S/C16H20BrNOS/c1-4-18-15(16-14(17)9-11(2)20-16)10-12-5-7-13(19-3)8-6-12/h5-9,15,18H,4,10H2,1-3H3. The van der Waals surface area contributed by atoms with Gasteiger partial charge in [-0.05, 0) is 59.6 Å². The quantitative estimate of drug-likeness (QED) is 0.810. The predicted molar refractivity (Wildman–Crippen MR) is 89.9 cm³/mol. The average molecular weight is 354 g/mol. The van der Waals surface area contributed by atoms with E-state index in [4.69, 9.17) is 4.74 Å². The molecule has 2 nitrogen and oxygen atoms in total. The Hall–Kier alpha value is -0.840. The van der Waals surface area contributed by atoms with Crippen molar-refractivity contribution in [3.63, 3.8) is 0 Å². The third kappa shape index (κ3) is 3.84. The second kappa shape index (κ2) is 7.25. The van der Waals surface area contributed by atoms with E-state index in [9.17, 15) is 0 Å². The number of thiophene rings is 1. The summed E-state index contributed by atoms with van der Waals surface area (Å²) in [4.78, 5) is 2.71. The molecule has 0 aliphatic heterocycles. The zero-order valence-corrected chi connectivity index (χ0v) is 14.5. The number of halogens is 1. The summed E-state index contributed by atoms with van der Waals surface area (Å²) in [5.74, 6) is 0.905. The molecule has 0 aliphatic rings. The summed E-state index contributed by atoms with van der Waals surface area (Å²) in [7, 11) is 1.70. The van der Waals surface area contributed by atoms with Crippen LogP contribution < -0.4 is 10.1 Å². The van der Waals surface area contributed by atoms with Crippen molar-refractivity contribution < 1.29 is 4.74 Å². The Morgan fingerprint density at radius 1 is 1.30 bits per heavy atom. The molecule has 108 valence electrons. The van der Waals surface area contributed by atoms with Gasteiger partial charge in [-0.15, -0.1) is 11.3 Å². The Labute approximate surface area is 133 Å². The second-order valence-corrected chi connectivity index (χ2v) is 6.87. The Bertz CT molecular complexity index is 550. The van der Waals surface area contributed by atoms with Crippen LogP contribution in [0.1, 0.15) is 28.3 Å². The van der Waals surface area contributed by atoms with Crippen molar-refractivity contribution in [2.45, 2.75) is 26.3 Å². The van der Waals surface area contributed by atoms with E-state index < -0.39 is 0 Å². The molecule has 0 amide bonds. The molecule has 2 aromatic rings.